The largest absolute Gasteiger partial charge is 0.861 e. The molecular weight excluding hydrogens is 448 g/mol. The van der Waals surface area contributed by atoms with Gasteiger partial charge < -0.3 is 30.2 Å². The molecule has 9 nitrogen and oxygen atoms in total. The fourth-order valence-corrected chi connectivity index (χ4v) is 4.23. The number of alkyl carbamates (subject to hydrolysis) is 1. The molecule has 0 radical (unpaired) electrons. The van der Waals surface area contributed by atoms with Crippen LogP contribution in [0.25, 0.3) is 10.8 Å². The van der Waals surface area contributed by atoms with E-state index in [0.717, 1.165) is 16.3 Å². The van der Waals surface area contributed by atoms with Crippen LogP contribution in [0.4, 0.5) is 4.79 Å². The van der Waals surface area contributed by atoms with Gasteiger partial charge in [-0.2, -0.15) is 0 Å². The van der Waals surface area contributed by atoms with Crippen molar-refractivity contribution in [2.75, 3.05) is 6.54 Å². The lowest BCUT2D eigenvalue weighted by Crippen LogP contribution is -2.58. The number of carbonyl (C=O) groups excluding carboxylic acids is 2. The maximum absolute atomic E-state index is 13.6. The highest BCUT2D eigenvalue weighted by molar-refractivity contribution is 5.91. The van der Waals surface area contributed by atoms with Crippen molar-refractivity contribution in [2.45, 2.75) is 78.7 Å². The number of likely N-dealkylation sites (tertiary alicyclic amines) is 1. The Labute approximate surface area is 206 Å². The van der Waals surface area contributed by atoms with Crippen molar-refractivity contribution in [3.63, 3.8) is 0 Å². The van der Waals surface area contributed by atoms with E-state index >= 15 is 0 Å². The van der Waals surface area contributed by atoms with Gasteiger partial charge in [-0.1, -0.05) is 39.0 Å². The number of hydrogen-bond acceptors (Lipinski definition) is 7. The highest BCUT2D eigenvalue weighted by Crippen LogP contribution is 2.31. The summed E-state index contributed by atoms with van der Waals surface area (Å²) >= 11 is 0. The molecule has 2 amide bonds. The first-order valence-corrected chi connectivity index (χ1v) is 11.7. The van der Waals surface area contributed by atoms with E-state index in [0.29, 0.717) is 5.88 Å². The zero-order valence-electron chi connectivity index (χ0n) is 21.5. The molecule has 1 aromatic heterocycles. The summed E-state index contributed by atoms with van der Waals surface area (Å²) in [5.74, 6) is -0.908. The number of rotatable bonds is 5. The average Bonchev–Trinajstić information content (AvgIpc) is 3.14. The highest BCUT2D eigenvalue weighted by Gasteiger charge is 2.43. The Kier molecular flexibility index (Phi) is 7.29. The van der Waals surface area contributed by atoms with Gasteiger partial charge >= 0.3 is 6.09 Å². The van der Waals surface area contributed by atoms with Crippen LogP contribution in [-0.2, 0) is 9.53 Å². The lowest BCUT2D eigenvalue weighted by atomic mass is 9.85. The summed E-state index contributed by atoms with van der Waals surface area (Å²) in [6.07, 6.45) is 0.573. The minimum absolute atomic E-state index is 0.0979. The van der Waals surface area contributed by atoms with Crippen molar-refractivity contribution in [3.8, 4) is 5.88 Å². The van der Waals surface area contributed by atoms with E-state index < -0.39 is 47.1 Å². The van der Waals surface area contributed by atoms with Crippen LogP contribution < -0.4 is 15.2 Å². The van der Waals surface area contributed by atoms with Gasteiger partial charge in [0.15, 0.2) is 0 Å². The third kappa shape index (κ3) is 6.21. The molecule has 1 aliphatic rings. The normalized spacial score (nSPS) is 19.3. The zero-order chi connectivity index (χ0) is 26.1. The molecule has 35 heavy (non-hydrogen) atoms. The van der Waals surface area contributed by atoms with Crippen LogP contribution in [0.1, 0.15) is 53.5 Å². The van der Waals surface area contributed by atoms with Crippen molar-refractivity contribution in [1.82, 2.24) is 15.2 Å². The first kappa shape index (κ1) is 26.2. The molecule has 1 aromatic carbocycles. The number of fused-ring (bicyclic) bond motifs is 1. The summed E-state index contributed by atoms with van der Waals surface area (Å²) in [5, 5.41) is 24.5. The molecule has 3 rings (SSSR count). The molecule has 1 fully saturated rings. The number of aromatic nitrogens is 1. The fraction of sp³-hybridized carbons (Fsp3) is 0.538. The topological polar surface area (TPSA) is 128 Å². The van der Waals surface area contributed by atoms with Crippen LogP contribution in [0.3, 0.4) is 0 Å². The molecule has 2 heterocycles. The Hall–Kier alpha value is -3.36. The Morgan fingerprint density at radius 2 is 1.89 bits per heavy atom. The van der Waals surface area contributed by atoms with Crippen LogP contribution in [0, 0.1) is 17.7 Å². The van der Waals surface area contributed by atoms with E-state index in [1.54, 1.807) is 27.0 Å². The number of nitrogens with one attached hydrogen (secondary N) is 2. The van der Waals surface area contributed by atoms with Crippen LogP contribution in [0.15, 0.2) is 30.5 Å². The Bertz CT molecular complexity index is 1110. The Balaban J connectivity index is 1.85. The van der Waals surface area contributed by atoms with Gasteiger partial charge in [0.2, 0.25) is 11.8 Å². The van der Waals surface area contributed by atoms with Gasteiger partial charge in [0.25, 0.3) is 0 Å². The quantitative estimate of drug-likeness (QED) is 0.497. The molecule has 0 spiro atoms. The van der Waals surface area contributed by atoms with Crippen molar-refractivity contribution in [1.29, 1.82) is 5.41 Å². The monoisotopic (exact) mass is 483 g/mol. The molecule has 9 heteroatoms. The summed E-state index contributed by atoms with van der Waals surface area (Å²) in [6.45, 7) is 12.7. The molecule has 0 saturated carbocycles. The smallest absolute Gasteiger partial charge is 0.408 e. The van der Waals surface area contributed by atoms with Gasteiger partial charge in [0.1, 0.15) is 17.7 Å². The molecule has 1 saturated heterocycles. The van der Waals surface area contributed by atoms with Crippen LogP contribution in [0.2, 0.25) is 0 Å². The lowest BCUT2D eigenvalue weighted by Gasteiger charge is -2.36. The summed E-state index contributed by atoms with van der Waals surface area (Å²) in [6, 6.07) is 5.84. The number of aryl methyl sites for hydroxylation is 1. The van der Waals surface area contributed by atoms with Crippen LogP contribution >= 0.6 is 0 Å². The number of amides is 2. The molecule has 0 bridgehead atoms. The standard InChI is InChI=1S/C26H36N4O5/c1-15-9-8-10-16-11-12-28-22(19(15)16)34-17-13-18(21(27)31)30(14-17)23(32)20(25(2,3)4)29-24(33)35-26(5,6)7/h8-12,17-18,20H,13-14H2,1-7H3,(H2,27,31)(H,29,33)/p-1/t17-,18+,20-/m1/s1. The van der Waals surface area contributed by atoms with Crippen LogP contribution in [-0.4, -0.2) is 58.1 Å². The second kappa shape index (κ2) is 9.71. The maximum Gasteiger partial charge on any atom is 0.408 e. The van der Waals surface area contributed by atoms with Gasteiger partial charge in [0.05, 0.1) is 12.6 Å². The van der Waals surface area contributed by atoms with Gasteiger partial charge in [-0.25, -0.2) is 9.78 Å². The Morgan fingerprint density at radius 3 is 2.49 bits per heavy atom. The predicted molar refractivity (Wildman–Crippen MR) is 131 cm³/mol. The second-order valence-electron chi connectivity index (χ2n) is 11.1. The van der Waals surface area contributed by atoms with Crippen molar-refractivity contribution in [2.24, 2.45) is 5.41 Å². The van der Waals surface area contributed by atoms with Crippen molar-refractivity contribution in [3.05, 3.63) is 36.0 Å². The zero-order valence-corrected chi connectivity index (χ0v) is 21.5. The van der Waals surface area contributed by atoms with E-state index in [4.69, 9.17) is 14.9 Å². The molecule has 0 unspecified atom stereocenters. The summed E-state index contributed by atoms with van der Waals surface area (Å²) in [7, 11) is 0. The summed E-state index contributed by atoms with van der Waals surface area (Å²) < 4.78 is 11.5. The SMILES string of the molecule is Cc1cccc2ccnc(O[C@@H]3C[C@@H](C(=N)[O-])N(C(=O)[C@@H](NC(=O)OC(C)(C)C)C(C)(C)C)C3)c12. The van der Waals surface area contributed by atoms with E-state index in [-0.39, 0.29) is 13.0 Å². The number of pyridine rings is 1. The van der Waals surface area contributed by atoms with Crippen LogP contribution in [0.5, 0.6) is 5.88 Å². The maximum atomic E-state index is 13.6. The van der Waals surface area contributed by atoms with Gasteiger partial charge in [-0.3, -0.25) is 4.79 Å². The number of nitrogens with zero attached hydrogens (tertiary/aromatic N) is 2. The second-order valence-corrected chi connectivity index (χ2v) is 11.1. The minimum Gasteiger partial charge on any atom is -0.861 e. The first-order valence-electron chi connectivity index (χ1n) is 11.7. The molecular formula is C26H35N4O5-. The number of carbonyl (C=O) groups is 2. The number of ether oxygens (including phenoxy) is 2. The lowest BCUT2D eigenvalue weighted by molar-refractivity contribution is -0.226. The predicted octanol–water partition coefficient (Wildman–Crippen LogP) is 3.17. The Morgan fingerprint density at radius 1 is 1.20 bits per heavy atom. The molecule has 190 valence electrons. The van der Waals surface area contributed by atoms with Crippen molar-refractivity contribution < 1.29 is 24.2 Å². The average molecular weight is 484 g/mol. The minimum atomic E-state index is -0.978. The van der Waals surface area contributed by atoms with Gasteiger partial charge in [-0.05, 0) is 56.0 Å². The summed E-state index contributed by atoms with van der Waals surface area (Å²) in [4.78, 5) is 31.8. The van der Waals surface area contributed by atoms with E-state index in [1.807, 2.05) is 52.0 Å². The number of hydrogen-bond donors (Lipinski definition) is 2. The third-order valence-corrected chi connectivity index (χ3v) is 5.87. The highest BCUT2D eigenvalue weighted by atomic mass is 16.6. The molecule has 2 N–H and O–H groups in total. The first-order chi connectivity index (χ1) is 16.2. The van der Waals surface area contributed by atoms with E-state index in [1.165, 1.54) is 4.90 Å². The third-order valence-electron chi connectivity index (χ3n) is 5.87. The molecule has 1 aliphatic heterocycles. The number of benzene rings is 1. The van der Waals surface area contributed by atoms with Crippen molar-refractivity contribution >= 4 is 28.7 Å². The molecule has 3 atom stereocenters. The van der Waals surface area contributed by atoms with E-state index in [9.17, 15) is 14.7 Å². The van der Waals surface area contributed by atoms with Gasteiger partial charge in [-0.15, -0.1) is 0 Å². The van der Waals surface area contributed by atoms with E-state index in [2.05, 4.69) is 10.3 Å². The summed E-state index contributed by atoms with van der Waals surface area (Å²) in [5.41, 5.74) is -0.401. The fourth-order valence-electron chi connectivity index (χ4n) is 4.23. The van der Waals surface area contributed by atoms with Gasteiger partial charge in [0, 0.05) is 18.0 Å². The molecule has 2 aromatic rings. The molecule has 0 aliphatic carbocycles.